The van der Waals surface area contributed by atoms with Crippen molar-refractivity contribution in [3.8, 4) is 5.75 Å². The first-order valence-electron chi connectivity index (χ1n) is 8.35. The number of carbonyl (C=O) groups excluding carboxylic acids is 1. The molecule has 2 aromatic carbocycles. The first-order chi connectivity index (χ1) is 12.9. The summed E-state index contributed by atoms with van der Waals surface area (Å²) >= 11 is 1.34. The van der Waals surface area contributed by atoms with E-state index in [0.29, 0.717) is 6.54 Å². The molecule has 8 heteroatoms. The summed E-state index contributed by atoms with van der Waals surface area (Å²) in [5.41, 5.74) is 1.10. The molecule has 0 aliphatic carbocycles. The fourth-order valence-electron chi connectivity index (χ4n) is 2.52. The molecule has 0 fully saturated rings. The van der Waals surface area contributed by atoms with Gasteiger partial charge in [0.1, 0.15) is 5.75 Å². The summed E-state index contributed by atoms with van der Waals surface area (Å²) in [5.74, 6) is 0.934. The average molecular weight is 389 g/mol. The van der Waals surface area contributed by atoms with Gasteiger partial charge in [-0.05, 0) is 43.9 Å². The summed E-state index contributed by atoms with van der Waals surface area (Å²) in [6.45, 7) is 0.472. The zero-order chi connectivity index (χ0) is 19.8. The second-order valence-electron chi connectivity index (χ2n) is 6.10. The van der Waals surface area contributed by atoms with E-state index in [4.69, 9.17) is 4.74 Å². The van der Waals surface area contributed by atoms with Crippen LogP contribution in [-0.4, -0.2) is 49.2 Å². The average Bonchev–Trinajstić information content (AvgIpc) is 2.66. The molecule has 0 heterocycles. The minimum Gasteiger partial charge on any atom is -0.497 e. The van der Waals surface area contributed by atoms with Crippen LogP contribution >= 0.6 is 11.8 Å². The number of ether oxygens (including phenoxy) is 1. The van der Waals surface area contributed by atoms with Crippen LogP contribution in [0.25, 0.3) is 0 Å². The van der Waals surface area contributed by atoms with Gasteiger partial charge < -0.3 is 15.0 Å². The molecule has 0 aromatic heterocycles. The summed E-state index contributed by atoms with van der Waals surface area (Å²) in [5, 5.41) is 13.6. The Morgan fingerprint density at radius 1 is 1.26 bits per heavy atom. The molecule has 1 amide bonds. The highest BCUT2D eigenvalue weighted by atomic mass is 32.2. The van der Waals surface area contributed by atoms with Crippen LogP contribution in [0.15, 0.2) is 53.4 Å². The van der Waals surface area contributed by atoms with E-state index in [-0.39, 0.29) is 23.4 Å². The summed E-state index contributed by atoms with van der Waals surface area (Å²) < 4.78 is 5.27. The minimum absolute atomic E-state index is 0.0217. The van der Waals surface area contributed by atoms with E-state index in [0.717, 1.165) is 16.2 Å². The van der Waals surface area contributed by atoms with Crippen LogP contribution in [0.4, 0.5) is 5.69 Å². The molecule has 1 N–H and O–H groups in total. The quantitative estimate of drug-likeness (QED) is 0.403. The third-order valence-corrected chi connectivity index (χ3v) is 5.02. The molecule has 7 nitrogen and oxygen atoms in total. The van der Waals surface area contributed by atoms with Gasteiger partial charge in [0, 0.05) is 23.6 Å². The number of hydrogen-bond acceptors (Lipinski definition) is 6. The molecule has 27 heavy (non-hydrogen) atoms. The van der Waals surface area contributed by atoms with Gasteiger partial charge in [-0.25, -0.2) is 0 Å². The topological polar surface area (TPSA) is 84.7 Å². The number of nitrogens with one attached hydrogen (secondary N) is 1. The molecule has 0 saturated carbocycles. The monoisotopic (exact) mass is 389 g/mol. The molecule has 2 aromatic rings. The van der Waals surface area contributed by atoms with E-state index in [2.05, 4.69) is 5.32 Å². The van der Waals surface area contributed by atoms with E-state index < -0.39 is 4.92 Å². The number of methoxy groups -OCH3 is 1. The van der Waals surface area contributed by atoms with E-state index in [1.165, 1.54) is 23.9 Å². The normalized spacial score (nSPS) is 11.9. The highest BCUT2D eigenvalue weighted by Gasteiger charge is 2.16. The molecule has 0 saturated heterocycles. The molecular formula is C19H23N3O4S. The van der Waals surface area contributed by atoms with Gasteiger partial charge in [-0.15, -0.1) is 11.8 Å². The zero-order valence-corrected chi connectivity index (χ0v) is 16.4. The number of amides is 1. The summed E-state index contributed by atoms with van der Waals surface area (Å²) in [6, 6.07) is 14.0. The second kappa shape index (κ2) is 9.94. The number of rotatable bonds is 9. The molecule has 1 unspecified atom stereocenters. The molecule has 0 aliphatic heterocycles. The second-order valence-corrected chi connectivity index (χ2v) is 7.15. The highest BCUT2D eigenvalue weighted by Crippen LogP contribution is 2.23. The van der Waals surface area contributed by atoms with E-state index >= 15 is 0 Å². The molecule has 2 rings (SSSR count). The number of hydrogen-bond donors (Lipinski definition) is 1. The smallest absolute Gasteiger partial charge is 0.269 e. The third kappa shape index (κ3) is 6.26. The van der Waals surface area contributed by atoms with Crippen molar-refractivity contribution in [3.63, 3.8) is 0 Å². The number of nitrogens with zero attached hydrogens (tertiary/aromatic N) is 2. The number of nitro benzene ring substituents is 1. The van der Waals surface area contributed by atoms with Gasteiger partial charge in [0.2, 0.25) is 5.91 Å². The van der Waals surface area contributed by atoms with Crippen LogP contribution in [-0.2, 0) is 4.79 Å². The lowest BCUT2D eigenvalue weighted by Gasteiger charge is -2.25. The van der Waals surface area contributed by atoms with Crippen molar-refractivity contribution in [1.82, 2.24) is 10.2 Å². The predicted molar refractivity (Wildman–Crippen MR) is 106 cm³/mol. The number of thioether (sulfide) groups is 1. The lowest BCUT2D eigenvalue weighted by atomic mass is 10.1. The van der Waals surface area contributed by atoms with Crippen molar-refractivity contribution in [2.45, 2.75) is 10.9 Å². The minimum atomic E-state index is -0.443. The predicted octanol–water partition coefficient (Wildman–Crippen LogP) is 3.11. The SMILES string of the molecule is COc1cccc(C(CNC(=O)CSc2ccc([N+](=O)[O-])cc2)N(C)C)c1. The summed E-state index contributed by atoms with van der Waals surface area (Å²) in [7, 11) is 5.55. The van der Waals surface area contributed by atoms with Gasteiger partial charge in [-0.2, -0.15) is 0 Å². The zero-order valence-electron chi connectivity index (χ0n) is 15.5. The molecule has 0 aliphatic rings. The van der Waals surface area contributed by atoms with Crippen LogP contribution < -0.4 is 10.1 Å². The van der Waals surface area contributed by atoms with Gasteiger partial charge in [-0.1, -0.05) is 12.1 Å². The number of likely N-dealkylation sites (N-methyl/N-ethyl adjacent to an activating group) is 1. The fraction of sp³-hybridized carbons (Fsp3) is 0.316. The van der Waals surface area contributed by atoms with Crippen molar-refractivity contribution >= 4 is 23.4 Å². The number of carbonyl (C=O) groups is 1. The first-order valence-corrected chi connectivity index (χ1v) is 9.33. The molecular weight excluding hydrogens is 366 g/mol. The van der Waals surface area contributed by atoms with Gasteiger partial charge in [0.15, 0.2) is 0 Å². The molecule has 0 radical (unpaired) electrons. The van der Waals surface area contributed by atoms with Crippen molar-refractivity contribution in [1.29, 1.82) is 0 Å². The Hall–Kier alpha value is -2.58. The van der Waals surface area contributed by atoms with Crippen LogP contribution in [0.3, 0.4) is 0 Å². The molecule has 144 valence electrons. The Kier molecular flexibility index (Phi) is 7.63. The summed E-state index contributed by atoms with van der Waals surface area (Å²) in [4.78, 5) is 25.3. The van der Waals surface area contributed by atoms with Crippen molar-refractivity contribution < 1.29 is 14.5 Å². The lowest BCUT2D eigenvalue weighted by Crippen LogP contribution is -2.35. The van der Waals surface area contributed by atoms with E-state index in [9.17, 15) is 14.9 Å². The largest absolute Gasteiger partial charge is 0.497 e. The Morgan fingerprint density at radius 3 is 2.56 bits per heavy atom. The van der Waals surface area contributed by atoms with Crippen LogP contribution in [0.1, 0.15) is 11.6 Å². The maximum absolute atomic E-state index is 12.2. The Labute approximate surface area is 162 Å². The Morgan fingerprint density at radius 2 is 1.96 bits per heavy atom. The molecule has 1 atom stereocenters. The maximum Gasteiger partial charge on any atom is 0.269 e. The first kappa shape index (κ1) is 20.7. The van der Waals surface area contributed by atoms with Crippen molar-refractivity contribution in [2.75, 3.05) is 33.5 Å². The Bertz CT molecular complexity index is 781. The molecule has 0 spiro atoms. The van der Waals surface area contributed by atoms with Crippen LogP contribution in [0.5, 0.6) is 5.75 Å². The lowest BCUT2D eigenvalue weighted by molar-refractivity contribution is -0.384. The van der Waals surface area contributed by atoms with E-state index in [1.807, 2.05) is 43.3 Å². The van der Waals surface area contributed by atoms with Gasteiger partial charge in [-0.3, -0.25) is 14.9 Å². The number of nitro groups is 1. The van der Waals surface area contributed by atoms with E-state index in [1.54, 1.807) is 19.2 Å². The highest BCUT2D eigenvalue weighted by molar-refractivity contribution is 8.00. The standard InChI is InChI=1S/C19H23N3O4S/c1-21(2)18(14-5-4-6-16(11-14)26-3)12-20-19(23)13-27-17-9-7-15(8-10-17)22(24)25/h4-11,18H,12-13H2,1-3H3,(H,20,23). The molecule has 0 bridgehead atoms. The fourth-order valence-corrected chi connectivity index (χ4v) is 3.25. The van der Waals surface area contributed by atoms with Crippen LogP contribution in [0.2, 0.25) is 0 Å². The van der Waals surface area contributed by atoms with Crippen molar-refractivity contribution in [2.24, 2.45) is 0 Å². The number of non-ortho nitro benzene ring substituents is 1. The number of benzene rings is 2. The maximum atomic E-state index is 12.2. The Balaban J connectivity index is 1.89. The van der Waals surface area contributed by atoms with Gasteiger partial charge in [0.05, 0.1) is 23.8 Å². The third-order valence-electron chi connectivity index (χ3n) is 4.01. The van der Waals surface area contributed by atoms with Gasteiger partial charge in [0.25, 0.3) is 5.69 Å². The van der Waals surface area contributed by atoms with Crippen molar-refractivity contribution in [3.05, 3.63) is 64.2 Å². The van der Waals surface area contributed by atoms with Gasteiger partial charge >= 0.3 is 0 Å². The summed E-state index contributed by atoms with van der Waals surface area (Å²) in [6.07, 6.45) is 0. The van der Waals surface area contributed by atoms with Crippen LogP contribution in [0, 0.1) is 10.1 Å².